The molecule has 2 heterocycles. The number of nitrogens with one attached hydrogen (secondary N) is 2. The Hall–Kier alpha value is -3.45. The summed E-state index contributed by atoms with van der Waals surface area (Å²) in [5.41, 5.74) is 4.90. The van der Waals surface area contributed by atoms with Crippen LogP contribution in [0.25, 0.3) is 16.7 Å². The molecule has 0 saturated heterocycles. The minimum atomic E-state index is -0.510. The highest BCUT2D eigenvalue weighted by Crippen LogP contribution is 2.27. The number of aliphatic hydroxyl groups is 1. The molecule has 29 heavy (non-hydrogen) atoms. The first-order chi connectivity index (χ1) is 14.0. The van der Waals surface area contributed by atoms with Gasteiger partial charge in [-0.3, -0.25) is 0 Å². The highest BCUT2D eigenvalue weighted by Gasteiger charge is 2.15. The summed E-state index contributed by atoms with van der Waals surface area (Å²) >= 11 is 0. The second-order valence-corrected chi connectivity index (χ2v) is 7.26. The van der Waals surface area contributed by atoms with Crippen molar-refractivity contribution in [1.82, 2.24) is 19.7 Å². The van der Waals surface area contributed by atoms with Crippen molar-refractivity contribution in [2.75, 3.05) is 17.2 Å². The lowest BCUT2D eigenvalue weighted by molar-refractivity contribution is 0.208. The van der Waals surface area contributed by atoms with Crippen LogP contribution in [0.3, 0.4) is 0 Å². The minimum Gasteiger partial charge on any atom is -0.392 e. The van der Waals surface area contributed by atoms with E-state index in [2.05, 4.69) is 57.7 Å². The van der Waals surface area contributed by atoms with Crippen molar-refractivity contribution in [3.8, 4) is 5.69 Å². The van der Waals surface area contributed by atoms with Gasteiger partial charge >= 0.3 is 0 Å². The van der Waals surface area contributed by atoms with E-state index >= 15 is 0 Å². The van der Waals surface area contributed by atoms with Crippen molar-refractivity contribution in [2.24, 2.45) is 0 Å². The lowest BCUT2D eigenvalue weighted by atomic mass is 10.1. The molecule has 0 aliphatic carbocycles. The van der Waals surface area contributed by atoms with E-state index in [4.69, 9.17) is 0 Å². The third-order valence-electron chi connectivity index (χ3n) is 4.47. The SMILES string of the molecule is Cc1cc(C)cc(Nc2nc(NC[C@@H](C)O)nc3c2cnn3-c2ccccc2)c1. The van der Waals surface area contributed by atoms with Gasteiger partial charge in [0.05, 0.1) is 23.4 Å². The molecular weight excluding hydrogens is 364 g/mol. The Bertz CT molecular complexity index is 1120. The second kappa shape index (κ2) is 7.89. The number of para-hydroxylation sites is 1. The molecule has 0 radical (unpaired) electrons. The second-order valence-electron chi connectivity index (χ2n) is 7.26. The molecule has 4 aromatic rings. The van der Waals surface area contributed by atoms with E-state index in [0.29, 0.717) is 24.0 Å². The van der Waals surface area contributed by atoms with Crippen LogP contribution in [0.15, 0.2) is 54.7 Å². The van der Waals surface area contributed by atoms with Crippen LogP contribution in [0.4, 0.5) is 17.5 Å². The van der Waals surface area contributed by atoms with Crippen LogP contribution in [0.5, 0.6) is 0 Å². The molecule has 3 N–H and O–H groups in total. The summed E-state index contributed by atoms with van der Waals surface area (Å²) in [6.07, 6.45) is 1.26. The zero-order chi connectivity index (χ0) is 20.4. The third-order valence-corrected chi connectivity index (χ3v) is 4.47. The number of fused-ring (bicyclic) bond motifs is 1. The van der Waals surface area contributed by atoms with Crippen LogP contribution >= 0.6 is 0 Å². The molecule has 0 saturated carbocycles. The topological polar surface area (TPSA) is 87.9 Å². The van der Waals surface area contributed by atoms with Crippen LogP contribution in [0.2, 0.25) is 0 Å². The normalized spacial score (nSPS) is 12.1. The predicted octanol–water partition coefficient (Wildman–Crippen LogP) is 3.97. The van der Waals surface area contributed by atoms with E-state index in [-0.39, 0.29) is 0 Å². The first kappa shape index (κ1) is 18.9. The van der Waals surface area contributed by atoms with Gasteiger partial charge in [-0.1, -0.05) is 24.3 Å². The standard InChI is InChI=1S/C22H24N6O/c1-14-9-15(2)11-17(10-14)25-20-19-13-24-28(18-7-5-4-6-8-18)21(19)27-22(26-20)23-12-16(3)29/h4-11,13,16,29H,12H2,1-3H3,(H2,23,25,26,27)/t16-/m1/s1. The Morgan fingerprint density at radius 1 is 1.03 bits per heavy atom. The molecule has 0 amide bonds. The number of aromatic nitrogens is 4. The zero-order valence-electron chi connectivity index (χ0n) is 16.7. The van der Waals surface area contributed by atoms with Gasteiger partial charge in [0.15, 0.2) is 5.65 Å². The van der Waals surface area contributed by atoms with E-state index in [1.54, 1.807) is 17.8 Å². The fourth-order valence-corrected chi connectivity index (χ4v) is 3.26. The summed E-state index contributed by atoms with van der Waals surface area (Å²) in [7, 11) is 0. The molecule has 4 rings (SSSR count). The maximum Gasteiger partial charge on any atom is 0.226 e. The summed E-state index contributed by atoms with van der Waals surface area (Å²) in [5, 5.41) is 21.5. The van der Waals surface area contributed by atoms with Gasteiger partial charge in [0.25, 0.3) is 0 Å². The summed E-state index contributed by atoms with van der Waals surface area (Å²) in [4.78, 5) is 9.28. The van der Waals surface area contributed by atoms with Crippen molar-refractivity contribution in [3.05, 3.63) is 65.9 Å². The molecule has 0 unspecified atom stereocenters. The molecule has 7 nitrogen and oxygen atoms in total. The Kier molecular flexibility index (Phi) is 5.14. The highest BCUT2D eigenvalue weighted by atomic mass is 16.3. The molecule has 0 aliphatic rings. The van der Waals surface area contributed by atoms with E-state index in [1.165, 1.54) is 11.1 Å². The monoisotopic (exact) mass is 388 g/mol. The molecule has 0 aliphatic heterocycles. The number of anilines is 3. The van der Waals surface area contributed by atoms with E-state index in [9.17, 15) is 5.11 Å². The van der Waals surface area contributed by atoms with Crippen LogP contribution in [-0.4, -0.2) is 37.5 Å². The number of aryl methyl sites for hydroxylation is 2. The molecule has 0 fully saturated rings. The van der Waals surface area contributed by atoms with Gasteiger partial charge < -0.3 is 15.7 Å². The number of benzene rings is 2. The minimum absolute atomic E-state index is 0.355. The van der Waals surface area contributed by atoms with E-state index in [1.807, 2.05) is 30.3 Å². The molecule has 1 atom stereocenters. The highest BCUT2D eigenvalue weighted by molar-refractivity contribution is 5.90. The van der Waals surface area contributed by atoms with Crippen molar-refractivity contribution < 1.29 is 5.11 Å². The van der Waals surface area contributed by atoms with Crippen molar-refractivity contribution in [3.63, 3.8) is 0 Å². The first-order valence-electron chi connectivity index (χ1n) is 9.58. The van der Waals surface area contributed by atoms with Crippen LogP contribution < -0.4 is 10.6 Å². The number of rotatable bonds is 6. The Morgan fingerprint density at radius 3 is 2.45 bits per heavy atom. The van der Waals surface area contributed by atoms with Gasteiger partial charge in [0.1, 0.15) is 5.82 Å². The molecule has 2 aromatic heterocycles. The first-order valence-corrected chi connectivity index (χ1v) is 9.58. The van der Waals surface area contributed by atoms with Gasteiger partial charge in [-0.15, -0.1) is 0 Å². The maximum absolute atomic E-state index is 9.63. The summed E-state index contributed by atoms with van der Waals surface area (Å²) < 4.78 is 1.79. The molecule has 2 aromatic carbocycles. The quantitative estimate of drug-likeness (QED) is 0.463. The fraction of sp³-hybridized carbons (Fsp3) is 0.227. The van der Waals surface area contributed by atoms with Gasteiger partial charge in [-0.25, -0.2) is 4.68 Å². The third kappa shape index (κ3) is 4.20. The van der Waals surface area contributed by atoms with Crippen molar-refractivity contribution >= 4 is 28.5 Å². The fourth-order valence-electron chi connectivity index (χ4n) is 3.26. The largest absolute Gasteiger partial charge is 0.392 e. The lowest BCUT2D eigenvalue weighted by Crippen LogP contribution is -2.17. The van der Waals surface area contributed by atoms with E-state index < -0.39 is 6.10 Å². The molecule has 0 spiro atoms. The number of aliphatic hydroxyl groups excluding tert-OH is 1. The molecule has 7 heteroatoms. The van der Waals surface area contributed by atoms with Crippen LogP contribution in [-0.2, 0) is 0 Å². The van der Waals surface area contributed by atoms with Crippen LogP contribution in [0.1, 0.15) is 18.1 Å². The Balaban J connectivity index is 1.82. The van der Waals surface area contributed by atoms with Gasteiger partial charge in [-0.05, 0) is 56.2 Å². The summed E-state index contributed by atoms with van der Waals surface area (Å²) in [6, 6.07) is 16.1. The van der Waals surface area contributed by atoms with E-state index in [0.717, 1.165) is 16.8 Å². The average molecular weight is 388 g/mol. The van der Waals surface area contributed by atoms with Crippen molar-refractivity contribution in [1.29, 1.82) is 0 Å². The summed E-state index contributed by atoms with van der Waals surface area (Å²) in [6.45, 7) is 6.20. The maximum atomic E-state index is 9.63. The molecule has 148 valence electrons. The predicted molar refractivity (Wildman–Crippen MR) is 116 cm³/mol. The zero-order valence-corrected chi connectivity index (χ0v) is 16.7. The van der Waals surface area contributed by atoms with Gasteiger partial charge in [0, 0.05) is 12.2 Å². The average Bonchev–Trinajstić information content (AvgIpc) is 3.10. The van der Waals surface area contributed by atoms with Crippen LogP contribution in [0, 0.1) is 13.8 Å². The Labute approximate surface area is 169 Å². The van der Waals surface area contributed by atoms with Gasteiger partial charge in [0.2, 0.25) is 5.95 Å². The van der Waals surface area contributed by atoms with Gasteiger partial charge in [-0.2, -0.15) is 15.1 Å². The lowest BCUT2D eigenvalue weighted by Gasteiger charge is -2.12. The number of nitrogens with zero attached hydrogens (tertiary/aromatic N) is 4. The smallest absolute Gasteiger partial charge is 0.226 e. The van der Waals surface area contributed by atoms with Crippen molar-refractivity contribution in [2.45, 2.75) is 26.9 Å². The number of hydrogen-bond donors (Lipinski definition) is 3. The Morgan fingerprint density at radius 2 is 1.76 bits per heavy atom. The molecule has 0 bridgehead atoms. The summed E-state index contributed by atoms with van der Waals surface area (Å²) in [5.74, 6) is 1.10. The number of hydrogen-bond acceptors (Lipinski definition) is 6. The molecular formula is C22H24N6O.